The van der Waals surface area contributed by atoms with E-state index in [1.54, 1.807) is 41.3 Å². The molecule has 3 atom stereocenters. The Bertz CT molecular complexity index is 1710. The maximum absolute atomic E-state index is 13.8. The van der Waals surface area contributed by atoms with Gasteiger partial charge in [0.2, 0.25) is 6.79 Å². The van der Waals surface area contributed by atoms with Gasteiger partial charge in [-0.15, -0.1) is 0 Å². The van der Waals surface area contributed by atoms with Crippen LogP contribution in [0.3, 0.4) is 0 Å². The Morgan fingerprint density at radius 3 is 2.30 bits per heavy atom. The number of aliphatic hydroxyl groups excluding tert-OH is 1. The lowest BCUT2D eigenvalue weighted by atomic mass is 9.99. The second kappa shape index (κ2) is 14.1. The predicted octanol–water partition coefficient (Wildman–Crippen LogP) is 6.08. The minimum absolute atomic E-state index is 0.0192. The summed E-state index contributed by atoms with van der Waals surface area (Å²) in [6.45, 7) is 5.62. The quantitative estimate of drug-likeness (QED) is 0.204. The molecule has 0 radical (unpaired) electrons. The molecule has 0 bridgehead atoms. The van der Waals surface area contributed by atoms with Crippen molar-refractivity contribution in [3.8, 4) is 28.4 Å². The first kappa shape index (κ1) is 31.9. The fourth-order valence-corrected chi connectivity index (χ4v) is 5.90. The van der Waals surface area contributed by atoms with Gasteiger partial charge >= 0.3 is 6.03 Å². The van der Waals surface area contributed by atoms with E-state index in [0.29, 0.717) is 47.3 Å². The van der Waals surface area contributed by atoms with E-state index in [1.165, 1.54) is 16.7 Å². The standard InChI is InChI=1S/C37H40N4O6/c1-24-19-41(25(2)22-42)36(43)31-17-29(38-37(44)39-30-14-16-33-34(18-30)46-23-45-33)13-15-32(31)47-35(24)21-40(3)20-26-9-11-28(12-10-26)27-7-5-4-6-8-27/h4-18,24-25,35,42H,19-23H2,1-3H3,(H2,38,39,44)/t24-,25-,35-/m1/s1. The summed E-state index contributed by atoms with van der Waals surface area (Å²) < 4.78 is 17.3. The maximum Gasteiger partial charge on any atom is 0.323 e. The Morgan fingerprint density at radius 2 is 1.57 bits per heavy atom. The number of hydrogen-bond donors (Lipinski definition) is 3. The van der Waals surface area contributed by atoms with Crippen LogP contribution >= 0.6 is 0 Å². The molecule has 4 aromatic rings. The Labute approximate surface area is 274 Å². The van der Waals surface area contributed by atoms with Gasteiger partial charge in [-0.05, 0) is 61.0 Å². The Kier molecular flexibility index (Phi) is 9.60. The Balaban J connectivity index is 1.17. The van der Waals surface area contributed by atoms with Crippen LogP contribution in [0, 0.1) is 5.92 Å². The molecule has 47 heavy (non-hydrogen) atoms. The van der Waals surface area contributed by atoms with Crippen molar-refractivity contribution in [3.05, 3.63) is 102 Å². The fraction of sp³-hybridized carbons (Fsp3) is 0.297. The van der Waals surface area contributed by atoms with Gasteiger partial charge < -0.3 is 34.9 Å². The third-order valence-corrected chi connectivity index (χ3v) is 8.56. The molecule has 2 heterocycles. The summed E-state index contributed by atoms with van der Waals surface area (Å²) in [5, 5.41) is 15.6. The lowest BCUT2D eigenvalue weighted by Crippen LogP contribution is -2.49. The van der Waals surface area contributed by atoms with Crippen LogP contribution in [0.1, 0.15) is 29.8 Å². The molecule has 0 saturated heterocycles. The number of amides is 3. The van der Waals surface area contributed by atoms with Crippen molar-refractivity contribution < 1.29 is 28.9 Å². The molecule has 0 unspecified atom stereocenters. The molecule has 0 fully saturated rings. The van der Waals surface area contributed by atoms with Crippen molar-refractivity contribution >= 4 is 23.3 Å². The van der Waals surface area contributed by atoms with Gasteiger partial charge in [0.25, 0.3) is 5.91 Å². The van der Waals surface area contributed by atoms with Crippen molar-refractivity contribution in [3.63, 3.8) is 0 Å². The van der Waals surface area contributed by atoms with Gasteiger partial charge in [-0.3, -0.25) is 9.69 Å². The summed E-state index contributed by atoms with van der Waals surface area (Å²) in [5.41, 5.74) is 4.83. The SMILES string of the molecule is C[C@@H]1CN([C@H](C)CO)C(=O)c2cc(NC(=O)Nc3ccc4c(c3)OCO4)ccc2O[C@@H]1CN(C)Cc1ccc(-c2ccccc2)cc1. The molecule has 0 aromatic heterocycles. The fourth-order valence-electron chi connectivity index (χ4n) is 5.90. The number of fused-ring (bicyclic) bond motifs is 2. The average Bonchev–Trinajstić information content (AvgIpc) is 3.55. The van der Waals surface area contributed by atoms with Crippen LogP contribution in [-0.4, -0.2) is 72.5 Å². The zero-order chi connectivity index (χ0) is 32.9. The van der Waals surface area contributed by atoms with Crippen LogP contribution in [0.4, 0.5) is 16.2 Å². The number of hydrogen-bond acceptors (Lipinski definition) is 7. The summed E-state index contributed by atoms with van der Waals surface area (Å²) >= 11 is 0. The number of urea groups is 1. The van der Waals surface area contributed by atoms with E-state index >= 15 is 0 Å². The van der Waals surface area contributed by atoms with Crippen LogP contribution in [0.25, 0.3) is 11.1 Å². The molecule has 244 valence electrons. The summed E-state index contributed by atoms with van der Waals surface area (Å²) in [5.74, 6) is 1.33. The first-order valence-electron chi connectivity index (χ1n) is 15.8. The number of likely N-dealkylation sites (N-methyl/N-ethyl adjacent to an activating group) is 1. The molecule has 3 amide bonds. The number of ether oxygens (including phenoxy) is 3. The molecule has 2 aliphatic heterocycles. The number of carbonyl (C=O) groups is 2. The van der Waals surface area contributed by atoms with Crippen molar-refractivity contribution in [2.75, 3.05) is 44.2 Å². The maximum atomic E-state index is 13.8. The second-order valence-electron chi connectivity index (χ2n) is 12.2. The lowest BCUT2D eigenvalue weighted by molar-refractivity contribution is 0.0341. The van der Waals surface area contributed by atoms with Gasteiger partial charge in [-0.25, -0.2) is 4.79 Å². The van der Waals surface area contributed by atoms with Crippen molar-refractivity contribution in [1.82, 2.24) is 9.80 Å². The number of anilines is 2. The van der Waals surface area contributed by atoms with Crippen LogP contribution < -0.4 is 24.8 Å². The van der Waals surface area contributed by atoms with E-state index in [9.17, 15) is 14.7 Å². The largest absolute Gasteiger partial charge is 0.488 e. The van der Waals surface area contributed by atoms with Gasteiger partial charge in [-0.2, -0.15) is 0 Å². The van der Waals surface area contributed by atoms with E-state index in [2.05, 4.69) is 65.9 Å². The lowest BCUT2D eigenvalue weighted by Gasteiger charge is -2.38. The van der Waals surface area contributed by atoms with Crippen LogP contribution in [0.15, 0.2) is 91.0 Å². The summed E-state index contributed by atoms with van der Waals surface area (Å²) in [7, 11) is 2.06. The zero-order valence-electron chi connectivity index (χ0n) is 26.8. The van der Waals surface area contributed by atoms with E-state index < -0.39 is 12.1 Å². The third-order valence-electron chi connectivity index (χ3n) is 8.56. The Hall–Kier alpha value is -5.06. The number of carbonyl (C=O) groups excluding carboxylic acids is 2. The molecule has 10 nitrogen and oxygen atoms in total. The van der Waals surface area contributed by atoms with E-state index in [1.807, 2.05) is 25.1 Å². The average molecular weight is 637 g/mol. The highest BCUT2D eigenvalue weighted by Crippen LogP contribution is 2.35. The molecule has 2 aliphatic rings. The molecule has 6 rings (SSSR count). The van der Waals surface area contributed by atoms with E-state index in [4.69, 9.17) is 14.2 Å². The van der Waals surface area contributed by atoms with Crippen LogP contribution in [0.2, 0.25) is 0 Å². The van der Waals surface area contributed by atoms with Gasteiger partial charge in [0.15, 0.2) is 11.5 Å². The molecular formula is C37H40N4O6. The van der Waals surface area contributed by atoms with Gasteiger partial charge in [-0.1, -0.05) is 61.5 Å². The minimum atomic E-state index is -0.478. The van der Waals surface area contributed by atoms with Gasteiger partial charge in [0, 0.05) is 43.0 Å². The minimum Gasteiger partial charge on any atom is -0.488 e. The zero-order valence-corrected chi connectivity index (χ0v) is 26.8. The number of nitrogens with one attached hydrogen (secondary N) is 2. The molecule has 0 aliphatic carbocycles. The number of aliphatic hydroxyl groups is 1. The summed E-state index contributed by atoms with van der Waals surface area (Å²) in [6.07, 6.45) is -0.239. The molecule has 0 spiro atoms. The highest BCUT2D eigenvalue weighted by atomic mass is 16.7. The molecule has 0 saturated carbocycles. The predicted molar refractivity (Wildman–Crippen MR) is 181 cm³/mol. The van der Waals surface area contributed by atoms with E-state index in [-0.39, 0.29) is 31.3 Å². The van der Waals surface area contributed by atoms with Crippen LogP contribution in [-0.2, 0) is 6.54 Å². The van der Waals surface area contributed by atoms with Crippen LogP contribution in [0.5, 0.6) is 17.2 Å². The second-order valence-corrected chi connectivity index (χ2v) is 12.2. The molecule has 10 heteroatoms. The van der Waals surface area contributed by atoms with Gasteiger partial charge in [0.1, 0.15) is 11.9 Å². The van der Waals surface area contributed by atoms with Crippen molar-refractivity contribution in [2.45, 2.75) is 32.5 Å². The number of rotatable bonds is 9. The smallest absolute Gasteiger partial charge is 0.323 e. The monoisotopic (exact) mass is 636 g/mol. The van der Waals surface area contributed by atoms with Crippen molar-refractivity contribution in [2.24, 2.45) is 5.92 Å². The van der Waals surface area contributed by atoms with E-state index in [0.717, 1.165) is 6.54 Å². The highest BCUT2D eigenvalue weighted by molar-refractivity contribution is 6.02. The molecular weight excluding hydrogens is 596 g/mol. The molecule has 4 aromatic carbocycles. The van der Waals surface area contributed by atoms with Crippen molar-refractivity contribution in [1.29, 1.82) is 0 Å². The topological polar surface area (TPSA) is 113 Å². The summed E-state index contributed by atoms with van der Waals surface area (Å²) in [6, 6.07) is 28.2. The summed E-state index contributed by atoms with van der Waals surface area (Å²) in [4.78, 5) is 30.6. The van der Waals surface area contributed by atoms with Gasteiger partial charge in [0.05, 0.1) is 18.2 Å². The molecule has 3 N–H and O–H groups in total. The first-order valence-corrected chi connectivity index (χ1v) is 15.8. The number of nitrogens with zero attached hydrogens (tertiary/aromatic N) is 2. The normalized spacial score (nSPS) is 17.7. The highest BCUT2D eigenvalue weighted by Gasteiger charge is 2.33. The Morgan fingerprint density at radius 1 is 0.915 bits per heavy atom. The number of benzene rings is 4. The third kappa shape index (κ3) is 7.51. The first-order chi connectivity index (χ1) is 22.8.